The Morgan fingerprint density at radius 2 is 2.17 bits per heavy atom. The molecule has 7 nitrogen and oxygen atoms in total. The van der Waals surface area contributed by atoms with Gasteiger partial charge in [0.25, 0.3) is 11.5 Å². The first-order valence-electron chi connectivity index (χ1n) is 8.01. The Bertz CT molecular complexity index is 749. The van der Waals surface area contributed by atoms with Crippen LogP contribution in [0.15, 0.2) is 35.3 Å². The van der Waals surface area contributed by atoms with Gasteiger partial charge in [0.2, 0.25) is 0 Å². The standard InChI is InChI=1S/C17H21N5O2/c1-21(2)11-12-5-6-13(18-10-12)15-4-3-9-22(15)17(24)14-7-8-16(23)20-19-14/h5-8,10,15H,3-4,9,11H2,1-2H3,(H,20,23). The van der Waals surface area contributed by atoms with Gasteiger partial charge in [0.05, 0.1) is 11.7 Å². The molecular formula is C17H21N5O2. The monoisotopic (exact) mass is 327 g/mol. The fourth-order valence-electron chi connectivity index (χ4n) is 3.02. The molecule has 1 atom stereocenters. The lowest BCUT2D eigenvalue weighted by Gasteiger charge is -2.24. The number of pyridine rings is 1. The summed E-state index contributed by atoms with van der Waals surface area (Å²) < 4.78 is 0. The van der Waals surface area contributed by atoms with Crippen molar-refractivity contribution in [2.75, 3.05) is 20.6 Å². The maximum atomic E-state index is 12.7. The molecule has 0 aromatic carbocycles. The Hall–Kier alpha value is -2.54. The minimum absolute atomic E-state index is 0.0420. The molecule has 126 valence electrons. The highest BCUT2D eigenvalue weighted by Crippen LogP contribution is 2.31. The van der Waals surface area contributed by atoms with E-state index in [0.717, 1.165) is 30.6 Å². The predicted octanol–water partition coefficient (Wildman–Crippen LogP) is 1.20. The number of amides is 1. The van der Waals surface area contributed by atoms with Gasteiger partial charge in [0.1, 0.15) is 5.69 Å². The third-order valence-electron chi connectivity index (χ3n) is 4.10. The van der Waals surface area contributed by atoms with Crippen molar-refractivity contribution in [3.63, 3.8) is 0 Å². The Balaban J connectivity index is 1.78. The molecule has 0 saturated carbocycles. The zero-order valence-corrected chi connectivity index (χ0v) is 13.9. The highest BCUT2D eigenvalue weighted by Gasteiger charge is 2.32. The maximum Gasteiger partial charge on any atom is 0.274 e. The first kappa shape index (κ1) is 16.3. The third kappa shape index (κ3) is 3.51. The Labute approximate surface area is 140 Å². The first-order chi connectivity index (χ1) is 11.5. The van der Waals surface area contributed by atoms with Crippen molar-refractivity contribution in [1.29, 1.82) is 0 Å². The lowest BCUT2D eigenvalue weighted by Crippen LogP contribution is -2.32. The van der Waals surface area contributed by atoms with E-state index >= 15 is 0 Å². The largest absolute Gasteiger partial charge is 0.329 e. The quantitative estimate of drug-likeness (QED) is 0.912. The van der Waals surface area contributed by atoms with Gasteiger partial charge in [-0.15, -0.1) is 0 Å². The fraction of sp³-hybridized carbons (Fsp3) is 0.412. The highest BCUT2D eigenvalue weighted by molar-refractivity contribution is 5.92. The average molecular weight is 327 g/mol. The minimum atomic E-state index is -0.317. The van der Waals surface area contributed by atoms with Gasteiger partial charge in [-0.2, -0.15) is 5.10 Å². The topological polar surface area (TPSA) is 82.2 Å². The molecule has 0 bridgehead atoms. The van der Waals surface area contributed by atoms with E-state index in [2.05, 4.69) is 26.1 Å². The van der Waals surface area contributed by atoms with Crippen molar-refractivity contribution >= 4 is 5.91 Å². The number of hydrogen-bond donors (Lipinski definition) is 1. The van der Waals surface area contributed by atoms with Crippen molar-refractivity contribution in [3.05, 3.63) is 57.8 Å². The summed E-state index contributed by atoms with van der Waals surface area (Å²) in [4.78, 5) is 32.2. The molecule has 0 spiro atoms. The first-order valence-corrected chi connectivity index (χ1v) is 8.01. The van der Waals surface area contributed by atoms with Crippen molar-refractivity contribution in [3.8, 4) is 0 Å². The summed E-state index contributed by atoms with van der Waals surface area (Å²) in [5, 5.41) is 6.15. The van der Waals surface area contributed by atoms with E-state index in [-0.39, 0.29) is 23.2 Å². The van der Waals surface area contributed by atoms with E-state index in [1.807, 2.05) is 26.4 Å². The molecule has 2 aromatic rings. The average Bonchev–Trinajstić information content (AvgIpc) is 3.04. The maximum absolute atomic E-state index is 12.7. The second-order valence-corrected chi connectivity index (χ2v) is 6.29. The van der Waals surface area contributed by atoms with Gasteiger partial charge in [-0.05, 0) is 44.6 Å². The molecule has 1 amide bonds. The molecule has 3 rings (SSSR count). The Kier molecular flexibility index (Phi) is 4.71. The molecule has 1 saturated heterocycles. The van der Waals surface area contributed by atoms with Crippen LogP contribution in [0.4, 0.5) is 0 Å². The number of H-pyrrole nitrogens is 1. The van der Waals surface area contributed by atoms with Gasteiger partial charge in [0, 0.05) is 25.4 Å². The van der Waals surface area contributed by atoms with Crippen molar-refractivity contribution in [2.24, 2.45) is 0 Å². The van der Waals surface area contributed by atoms with Crippen molar-refractivity contribution in [1.82, 2.24) is 25.0 Å². The summed E-state index contributed by atoms with van der Waals surface area (Å²) in [6.07, 6.45) is 3.69. The summed E-state index contributed by atoms with van der Waals surface area (Å²) in [5.74, 6) is -0.173. The van der Waals surface area contributed by atoms with Gasteiger partial charge in [0.15, 0.2) is 0 Å². The molecular weight excluding hydrogens is 306 g/mol. The lowest BCUT2D eigenvalue weighted by atomic mass is 10.1. The molecule has 1 N–H and O–H groups in total. The predicted molar refractivity (Wildman–Crippen MR) is 89.5 cm³/mol. The SMILES string of the molecule is CN(C)Cc1ccc(C2CCCN2C(=O)c2ccc(=O)[nH]n2)nc1. The van der Waals surface area contributed by atoms with Crippen LogP contribution in [0.25, 0.3) is 0 Å². The number of carbonyl (C=O) groups excluding carboxylic acids is 1. The van der Waals surface area contributed by atoms with Crippen LogP contribution in [0.2, 0.25) is 0 Å². The van der Waals surface area contributed by atoms with E-state index in [1.54, 1.807) is 4.90 Å². The summed E-state index contributed by atoms with van der Waals surface area (Å²) in [6, 6.07) is 6.79. The van der Waals surface area contributed by atoms with Crippen LogP contribution in [-0.2, 0) is 6.54 Å². The molecule has 1 fully saturated rings. The highest BCUT2D eigenvalue weighted by atomic mass is 16.2. The van der Waals surface area contributed by atoms with Crippen LogP contribution >= 0.6 is 0 Å². The summed E-state index contributed by atoms with van der Waals surface area (Å²) in [5.41, 5.74) is 1.98. The van der Waals surface area contributed by atoms with E-state index < -0.39 is 0 Å². The number of nitrogens with one attached hydrogen (secondary N) is 1. The smallest absolute Gasteiger partial charge is 0.274 e. The van der Waals surface area contributed by atoms with E-state index in [4.69, 9.17) is 0 Å². The van der Waals surface area contributed by atoms with Crippen molar-refractivity contribution in [2.45, 2.75) is 25.4 Å². The second-order valence-electron chi connectivity index (χ2n) is 6.29. The molecule has 7 heteroatoms. The van der Waals surface area contributed by atoms with Crippen LogP contribution < -0.4 is 5.56 Å². The van der Waals surface area contributed by atoms with Gasteiger partial charge >= 0.3 is 0 Å². The molecule has 3 heterocycles. The lowest BCUT2D eigenvalue weighted by molar-refractivity contribution is 0.0725. The molecule has 1 aliphatic rings. The summed E-state index contributed by atoms with van der Waals surface area (Å²) >= 11 is 0. The molecule has 0 aliphatic carbocycles. The number of nitrogens with zero attached hydrogens (tertiary/aromatic N) is 4. The van der Waals surface area contributed by atoms with Gasteiger partial charge < -0.3 is 9.80 Å². The van der Waals surface area contributed by atoms with Crippen LogP contribution in [-0.4, -0.2) is 51.5 Å². The number of carbonyl (C=O) groups is 1. The Morgan fingerprint density at radius 3 is 2.79 bits per heavy atom. The minimum Gasteiger partial charge on any atom is -0.329 e. The molecule has 24 heavy (non-hydrogen) atoms. The molecule has 0 radical (unpaired) electrons. The van der Waals surface area contributed by atoms with Crippen LogP contribution in [0.1, 0.15) is 40.6 Å². The van der Waals surface area contributed by atoms with Crippen LogP contribution in [0.3, 0.4) is 0 Å². The third-order valence-corrected chi connectivity index (χ3v) is 4.10. The normalized spacial score (nSPS) is 17.5. The Morgan fingerprint density at radius 1 is 1.33 bits per heavy atom. The van der Waals surface area contributed by atoms with E-state index in [0.29, 0.717) is 6.54 Å². The van der Waals surface area contributed by atoms with Gasteiger partial charge in [-0.3, -0.25) is 14.6 Å². The van der Waals surface area contributed by atoms with Crippen molar-refractivity contribution < 1.29 is 4.79 Å². The number of likely N-dealkylation sites (tertiary alicyclic amines) is 1. The number of hydrogen-bond acceptors (Lipinski definition) is 5. The zero-order valence-electron chi connectivity index (χ0n) is 13.9. The van der Waals surface area contributed by atoms with E-state index in [9.17, 15) is 9.59 Å². The van der Waals surface area contributed by atoms with Crippen LogP contribution in [0.5, 0.6) is 0 Å². The fourth-order valence-corrected chi connectivity index (χ4v) is 3.02. The van der Waals surface area contributed by atoms with Gasteiger partial charge in [-0.25, -0.2) is 5.10 Å². The number of aromatic amines is 1. The number of rotatable bonds is 4. The number of aromatic nitrogens is 3. The summed E-state index contributed by atoms with van der Waals surface area (Å²) in [6.45, 7) is 1.51. The van der Waals surface area contributed by atoms with Gasteiger partial charge in [-0.1, -0.05) is 6.07 Å². The molecule has 2 aromatic heterocycles. The molecule has 1 unspecified atom stereocenters. The summed E-state index contributed by atoms with van der Waals surface area (Å²) in [7, 11) is 4.03. The zero-order chi connectivity index (χ0) is 17.1. The van der Waals surface area contributed by atoms with E-state index in [1.165, 1.54) is 12.1 Å². The second kappa shape index (κ2) is 6.92. The van der Waals surface area contributed by atoms with Crippen LogP contribution in [0, 0.1) is 0 Å². The molecule has 1 aliphatic heterocycles.